The molecule has 0 amide bonds. The van der Waals surface area contributed by atoms with Gasteiger partial charge in [0.1, 0.15) is 17.4 Å². The Kier molecular flexibility index (Phi) is 4.87. The summed E-state index contributed by atoms with van der Waals surface area (Å²) in [6, 6.07) is 3.18. The van der Waals surface area contributed by atoms with Crippen LogP contribution < -0.4 is 4.74 Å². The molecule has 0 atom stereocenters. The lowest BCUT2D eigenvalue weighted by Gasteiger charge is -2.05. The average Bonchev–Trinajstić information content (AvgIpc) is 2.11. The van der Waals surface area contributed by atoms with Gasteiger partial charge in [-0.1, -0.05) is 15.9 Å². The van der Waals surface area contributed by atoms with E-state index >= 15 is 0 Å². The highest BCUT2D eigenvalue weighted by Gasteiger charge is 2.00. The number of unbranched alkanes of at least 4 members (excludes halogenated alkanes) is 1. The van der Waals surface area contributed by atoms with Gasteiger partial charge in [-0.2, -0.15) is 0 Å². The molecule has 0 aliphatic carbocycles. The third kappa shape index (κ3) is 4.05. The van der Waals surface area contributed by atoms with E-state index in [9.17, 15) is 8.78 Å². The molecule has 1 aromatic rings. The van der Waals surface area contributed by atoms with E-state index in [0.29, 0.717) is 6.61 Å². The Morgan fingerprint density at radius 3 is 2.29 bits per heavy atom. The molecule has 0 aliphatic rings. The zero-order valence-corrected chi connectivity index (χ0v) is 9.19. The summed E-state index contributed by atoms with van der Waals surface area (Å²) in [4.78, 5) is 0. The van der Waals surface area contributed by atoms with Crippen molar-refractivity contribution in [2.45, 2.75) is 12.8 Å². The van der Waals surface area contributed by atoms with Crippen molar-refractivity contribution >= 4 is 15.9 Å². The fraction of sp³-hybridized carbons (Fsp3) is 0.400. The number of ether oxygens (including phenoxy) is 1. The fourth-order valence-electron chi connectivity index (χ4n) is 0.998. The molecule has 0 fully saturated rings. The third-order valence-corrected chi connectivity index (χ3v) is 2.19. The van der Waals surface area contributed by atoms with Crippen molar-refractivity contribution in [2.75, 3.05) is 11.9 Å². The van der Waals surface area contributed by atoms with Crippen LogP contribution in [0, 0.1) is 11.6 Å². The van der Waals surface area contributed by atoms with Crippen molar-refractivity contribution in [3.05, 3.63) is 29.8 Å². The summed E-state index contributed by atoms with van der Waals surface area (Å²) in [6.07, 6.45) is 1.85. The van der Waals surface area contributed by atoms with Crippen LogP contribution in [0.3, 0.4) is 0 Å². The number of hydrogen-bond donors (Lipinski definition) is 0. The highest BCUT2D eigenvalue weighted by atomic mass is 79.9. The van der Waals surface area contributed by atoms with Crippen LogP contribution in [-0.4, -0.2) is 11.9 Å². The highest BCUT2D eigenvalue weighted by Crippen LogP contribution is 2.15. The van der Waals surface area contributed by atoms with Gasteiger partial charge in [-0.25, -0.2) is 8.78 Å². The Labute approximate surface area is 90.2 Å². The Morgan fingerprint density at radius 2 is 1.71 bits per heavy atom. The lowest BCUT2D eigenvalue weighted by Crippen LogP contribution is -1.98. The lowest BCUT2D eigenvalue weighted by atomic mass is 10.3. The lowest BCUT2D eigenvalue weighted by molar-refractivity contribution is 0.306. The van der Waals surface area contributed by atoms with Gasteiger partial charge in [-0.15, -0.1) is 0 Å². The summed E-state index contributed by atoms with van der Waals surface area (Å²) in [5.74, 6) is -0.974. The summed E-state index contributed by atoms with van der Waals surface area (Å²) >= 11 is 3.28. The molecule has 0 heterocycles. The summed E-state index contributed by atoms with van der Waals surface area (Å²) in [5, 5.41) is 0.911. The Bertz CT molecular complexity index is 271. The number of alkyl halides is 1. The normalized spacial score (nSPS) is 10.2. The molecule has 14 heavy (non-hydrogen) atoms. The van der Waals surface area contributed by atoms with Crippen LogP contribution in [0.2, 0.25) is 0 Å². The smallest absolute Gasteiger partial charge is 0.129 e. The minimum Gasteiger partial charge on any atom is -0.493 e. The van der Waals surface area contributed by atoms with Crippen molar-refractivity contribution in [2.24, 2.45) is 0 Å². The van der Waals surface area contributed by atoms with E-state index in [-0.39, 0.29) is 5.75 Å². The summed E-state index contributed by atoms with van der Waals surface area (Å²) < 4.78 is 30.5. The summed E-state index contributed by atoms with van der Waals surface area (Å²) in [6.45, 7) is 0.481. The first kappa shape index (κ1) is 11.4. The monoisotopic (exact) mass is 264 g/mol. The van der Waals surface area contributed by atoms with Crippen LogP contribution in [0.25, 0.3) is 0 Å². The average molecular weight is 265 g/mol. The van der Waals surface area contributed by atoms with E-state index in [1.165, 1.54) is 12.1 Å². The molecule has 0 saturated heterocycles. The van der Waals surface area contributed by atoms with Crippen LogP contribution in [0.1, 0.15) is 12.8 Å². The molecule has 4 heteroatoms. The van der Waals surface area contributed by atoms with Gasteiger partial charge < -0.3 is 4.74 Å². The van der Waals surface area contributed by atoms with E-state index in [0.717, 1.165) is 24.2 Å². The quantitative estimate of drug-likeness (QED) is 0.584. The van der Waals surface area contributed by atoms with Crippen molar-refractivity contribution < 1.29 is 13.5 Å². The first-order valence-corrected chi connectivity index (χ1v) is 5.49. The number of rotatable bonds is 5. The second-order valence-electron chi connectivity index (χ2n) is 2.85. The van der Waals surface area contributed by atoms with Gasteiger partial charge in [0.25, 0.3) is 0 Å². The molecule has 0 unspecified atom stereocenters. The molecule has 0 bridgehead atoms. The van der Waals surface area contributed by atoms with E-state index in [4.69, 9.17) is 4.74 Å². The first-order chi connectivity index (χ1) is 6.72. The van der Waals surface area contributed by atoms with E-state index in [1.54, 1.807) is 0 Å². The van der Waals surface area contributed by atoms with Crippen molar-refractivity contribution in [1.29, 1.82) is 0 Å². The topological polar surface area (TPSA) is 9.23 Å². The maximum absolute atomic E-state index is 12.7. The Morgan fingerprint density at radius 1 is 1.07 bits per heavy atom. The van der Waals surface area contributed by atoms with Gasteiger partial charge in [-0.05, 0) is 12.8 Å². The number of halogens is 3. The van der Waals surface area contributed by atoms with Gasteiger partial charge in [0.2, 0.25) is 0 Å². The van der Waals surface area contributed by atoms with Gasteiger partial charge in [-0.3, -0.25) is 0 Å². The Balaban J connectivity index is 2.42. The predicted molar refractivity (Wildman–Crippen MR) is 54.9 cm³/mol. The molecule has 0 N–H and O–H groups in total. The second kappa shape index (κ2) is 5.96. The Hall–Kier alpha value is -0.640. The molecule has 0 radical (unpaired) electrons. The van der Waals surface area contributed by atoms with Gasteiger partial charge >= 0.3 is 0 Å². The van der Waals surface area contributed by atoms with E-state index in [2.05, 4.69) is 15.9 Å². The van der Waals surface area contributed by atoms with E-state index < -0.39 is 11.6 Å². The molecule has 0 aromatic heterocycles. The first-order valence-electron chi connectivity index (χ1n) is 4.37. The van der Waals surface area contributed by atoms with Crippen molar-refractivity contribution in [3.63, 3.8) is 0 Å². The maximum atomic E-state index is 12.7. The zero-order valence-electron chi connectivity index (χ0n) is 7.60. The van der Waals surface area contributed by atoms with E-state index in [1.807, 2.05) is 0 Å². The molecular weight excluding hydrogens is 254 g/mol. The third-order valence-electron chi connectivity index (χ3n) is 1.63. The SMILES string of the molecule is Fc1cc(F)cc(OCCCCBr)c1. The molecular formula is C10H11BrF2O. The molecule has 78 valence electrons. The molecule has 1 rings (SSSR count). The fourth-order valence-corrected chi connectivity index (χ4v) is 1.39. The van der Waals surface area contributed by atoms with Gasteiger partial charge in [0.15, 0.2) is 0 Å². The molecule has 0 saturated carbocycles. The summed E-state index contributed by atoms with van der Waals surface area (Å²) in [5.41, 5.74) is 0. The number of benzene rings is 1. The van der Waals surface area contributed by atoms with Crippen LogP contribution in [0.15, 0.2) is 18.2 Å². The minimum atomic E-state index is -0.611. The predicted octanol–water partition coefficient (Wildman–Crippen LogP) is 3.52. The zero-order chi connectivity index (χ0) is 10.4. The van der Waals surface area contributed by atoms with Gasteiger partial charge in [0.05, 0.1) is 6.61 Å². The molecule has 0 aliphatic heterocycles. The molecule has 1 aromatic carbocycles. The largest absolute Gasteiger partial charge is 0.493 e. The summed E-state index contributed by atoms with van der Waals surface area (Å²) in [7, 11) is 0. The van der Waals surface area contributed by atoms with Crippen LogP contribution in [0.5, 0.6) is 5.75 Å². The molecule has 1 nitrogen and oxygen atoms in total. The van der Waals surface area contributed by atoms with Crippen LogP contribution in [-0.2, 0) is 0 Å². The van der Waals surface area contributed by atoms with Crippen molar-refractivity contribution in [1.82, 2.24) is 0 Å². The van der Waals surface area contributed by atoms with Gasteiger partial charge in [0, 0.05) is 23.5 Å². The van der Waals surface area contributed by atoms with Crippen LogP contribution in [0.4, 0.5) is 8.78 Å². The molecule has 0 spiro atoms. The minimum absolute atomic E-state index is 0.247. The van der Waals surface area contributed by atoms with Crippen molar-refractivity contribution in [3.8, 4) is 5.75 Å². The standard InChI is InChI=1S/C10H11BrF2O/c11-3-1-2-4-14-10-6-8(12)5-9(13)7-10/h5-7H,1-4H2. The van der Waals surface area contributed by atoms with Crippen LogP contribution >= 0.6 is 15.9 Å². The second-order valence-corrected chi connectivity index (χ2v) is 3.64. The highest BCUT2D eigenvalue weighted by molar-refractivity contribution is 9.09. The number of hydrogen-bond acceptors (Lipinski definition) is 1. The maximum Gasteiger partial charge on any atom is 0.129 e.